The number of halogens is 13. The van der Waals surface area contributed by atoms with E-state index >= 15 is 0 Å². The van der Waals surface area contributed by atoms with Gasteiger partial charge in [-0.15, -0.1) is 0 Å². The third-order valence-corrected chi connectivity index (χ3v) is 3.00. The van der Waals surface area contributed by atoms with E-state index in [1.807, 2.05) is 0 Å². The second-order valence-electron chi connectivity index (χ2n) is 4.94. The van der Waals surface area contributed by atoms with Gasteiger partial charge in [-0.25, -0.2) is 13.9 Å². The SMILES string of the molecule is O=c1c(F)c(O)n(C(C(F)(F)F)C(F)(F)F)c(=O)n1C(C(F)(F)F)C(F)(F)F. The summed E-state index contributed by atoms with van der Waals surface area (Å²) < 4.78 is 161. The van der Waals surface area contributed by atoms with Crippen LogP contribution in [0, 0.1) is 5.82 Å². The Hall–Kier alpha value is -2.43. The molecular weight excluding hydrogens is 443 g/mol. The first-order valence-corrected chi connectivity index (χ1v) is 6.15. The molecule has 0 amide bonds. The number of aromatic hydroxyl groups is 1. The van der Waals surface area contributed by atoms with E-state index in [0.717, 1.165) is 0 Å². The van der Waals surface area contributed by atoms with Crippen molar-refractivity contribution in [2.75, 3.05) is 0 Å². The monoisotopic (exact) mass is 446 g/mol. The maximum atomic E-state index is 13.5. The highest BCUT2D eigenvalue weighted by molar-refractivity contribution is 5.14. The van der Waals surface area contributed by atoms with E-state index in [2.05, 4.69) is 0 Å². The molecule has 0 aliphatic carbocycles. The Morgan fingerprint density at radius 1 is 0.643 bits per heavy atom. The van der Waals surface area contributed by atoms with E-state index in [9.17, 15) is 66.7 Å². The molecule has 18 heteroatoms. The Morgan fingerprint density at radius 2 is 0.929 bits per heavy atom. The number of hydrogen-bond acceptors (Lipinski definition) is 3. The first-order valence-electron chi connectivity index (χ1n) is 6.15. The van der Waals surface area contributed by atoms with Gasteiger partial charge in [-0.05, 0) is 0 Å². The summed E-state index contributed by atoms with van der Waals surface area (Å²) in [5.41, 5.74) is -6.80. The Morgan fingerprint density at radius 3 is 1.21 bits per heavy atom. The molecule has 0 radical (unpaired) electrons. The maximum absolute atomic E-state index is 13.5. The van der Waals surface area contributed by atoms with Crippen molar-refractivity contribution in [1.82, 2.24) is 9.13 Å². The van der Waals surface area contributed by atoms with E-state index < -0.39 is 68.9 Å². The van der Waals surface area contributed by atoms with Crippen molar-refractivity contribution >= 4 is 0 Å². The van der Waals surface area contributed by atoms with Gasteiger partial charge in [0.25, 0.3) is 5.56 Å². The van der Waals surface area contributed by atoms with Crippen molar-refractivity contribution < 1.29 is 62.2 Å². The summed E-state index contributed by atoms with van der Waals surface area (Å²) in [5.74, 6) is -6.34. The minimum atomic E-state index is -6.67. The minimum absolute atomic E-state index is 2.17. The molecule has 1 heterocycles. The van der Waals surface area contributed by atoms with Gasteiger partial charge in [-0.1, -0.05) is 0 Å². The summed E-state index contributed by atoms with van der Waals surface area (Å²) in [5, 5.41) is 8.98. The Balaban J connectivity index is 4.18. The molecule has 1 rings (SSSR count). The van der Waals surface area contributed by atoms with Gasteiger partial charge in [-0.3, -0.25) is 4.79 Å². The highest BCUT2D eigenvalue weighted by atomic mass is 19.4. The summed E-state index contributed by atoms with van der Waals surface area (Å²) in [4.78, 5) is 22.9. The van der Waals surface area contributed by atoms with Crippen LogP contribution in [0.4, 0.5) is 57.1 Å². The van der Waals surface area contributed by atoms with Crippen LogP contribution in [0.1, 0.15) is 12.1 Å². The maximum Gasteiger partial charge on any atom is 0.418 e. The van der Waals surface area contributed by atoms with Crippen LogP contribution in [0.15, 0.2) is 9.59 Å². The van der Waals surface area contributed by atoms with Crippen molar-refractivity contribution in [3.05, 3.63) is 26.7 Å². The molecule has 1 aromatic rings. The molecule has 1 aromatic heterocycles. The molecule has 5 nitrogen and oxygen atoms in total. The van der Waals surface area contributed by atoms with Gasteiger partial charge >= 0.3 is 30.4 Å². The fraction of sp³-hybridized carbons (Fsp3) is 0.600. The van der Waals surface area contributed by atoms with Crippen molar-refractivity contribution in [1.29, 1.82) is 0 Å². The van der Waals surface area contributed by atoms with Crippen LogP contribution in [0.3, 0.4) is 0 Å². The van der Waals surface area contributed by atoms with Crippen LogP contribution in [-0.2, 0) is 0 Å². The number of hydrogen-bond donors (Lipinski definition) is 1. The highest BCUT2D eigenvalue weighted by Gasteiger charge is 2.62. The normalized spacial score (nSPS) is 14.2. The predicted molar refractivity (Wildman–Crippen MR) is 58.9 cm³/mol. The van der Waals surface area contributed by atoms with E-state index in [0.29, 0.717) is 0 Å². The Labute approximate surface area is 142 Å². The lowest BCUT2D eigenvalue weighted by atomic mass is 10.2. The molecule has 28 heavy (non-hydrogen) atoms. The van der Waals surface area contributed by atoms with Crippen LogP contribution in [0.5, 0.6) is 5.88 Å². The zero-order valence-electron chi connectivity index (χ0n) is 12.2. The number of alkyl halides is 12. The molecule has 0 unspecified atom stereocenters. The number of nitrogens with zero attached hydrogens (tertiary/aromatic N) is 2. The van der Waals surface area contributed by atoms with Crippen LogP contribution in [-0.4, -0.2) is 38.9 Å². The van der Waals surface area contributed by atoms with Gasteiger partial charge in [0.1, 0.15) is 0 Å². The topological polar surface area (TPSA) is 64.2 Å². The van der Waals surface area contributed by atoms with Crippen LogP contribution in [0.25, 0.3) is 0 Å². The van der Waals surface area contributed by atoms with Gasteiger partial charge in [0, 0.05) is 0 Å². The van der Waals surface area contributed by atoms with E-state index in [1.54, 1.807) is 0 Å². The third kappa shape index (κ3) is 4.18. The molecule has 0 saturated heterocycles. The fourth-order valence-corrected chi connectivity index (χ4v) is 2.02. The molecule has 0 aromatic carbocycles. The quantitative estimate of drug-likeness (QED) is 0.711. The summed E-state index contributed by atoms with van der Waals surface area (Å²) in [6, 6.07) is -10.6. The molecule has 0 spiro atoms. The van der Waals surface area contributed by atoms with Gasteiger partial charge in [0.15, 0.2) is 0 Å². The van der Waals surface area contributed by atoms with Gasteiger partial charge < -0.3 is 5.11 Å². The molecule has 162 valence electrons. The molecule has 1 N–H and O–H groups in total. The smallest absolute Gasteiger partial charge is 0.418 e. The van der Waals surface area contributed by atoms with Gasteiger partial charge in [-0.2, -0.15) is 57.1 Å². The summed E-state index contributed by atoms with van der Waals surface area (Å²) in [7, 11) is 0. The molecule has 0 atom stereocenters. The van der Waals surface area contributed by atoms with Gasteiger partial charge in [0.05, 0.1) is 0 Å². The summed E-state index contributed by atoms with van der Waals surface area (Å²) in [6.07, 6.45) is -26.6. The third-order valence-electron chi connectivity index (χ3n) is 3.00. The lowest BCUT2D eigenvalue weighted by Gasteiger charge is -2.28. The van der Waals surface area contributed by atoms with Crippen LogP contribution >= 0.6 is 0 Å². The molecule has 0 fully saturated rings. The zero-order valence-corrected chi connectivity index (χ0v) is 12.2. The fourth-order valence-electron chi connectivity index (χ4n) is 2.02. The number of aromatic nitrogens is 2. The van der Waals surface area contributed by atoms with Crippen LogP contribution in [0.2, 0.25) is 0 Å². The molecular formula is C10H3F13N2O3. The number of rotatable bonds is 2. The minimum Gasteiger partial charge on any atom is -0.492 e. The molecule has 0 aliphatic rings. The second kappa shape index (κ2) is 6.57. The van der Waals surface area contributed by atoms with E-state index in [-0.39, 0.29) is 0 Å². The van der Waals surface area contributed by atoms with Crippen molar-refractivity contribution in [3.63, 3.8) is 0 Å². The predicted octanol–water partition coefficient (Wildman–Crippen LogP) is 3.19. The van der Waals surface area contributed by atoms with E-state index in [4.69, 9.17) is 5.11 Å². The second-order valence-corrected chi connectivity index (χ2v) is 4.94. The largest absolute Gasteiger partial charge is 0.492 e. The first kappa shape index (κ1) is 23.6. The highest BCUT2D eigenvalue weighted by Crippen LogP contribution is 2.45. The lowest BCUT2D eigenvalue weighted by molar-refractivity contribution is -0.281. The van der Waals surface area contributed by atoms with Crippen LogP contribution < -0.4 is 11.2 Å². The summed E-state index contributed by atoms with van der Waals surface area (Å²) >= 11 is 0. The molecule has 0 saturated carbocycles. The average Bonchev–Trinajstić information content (AvgIpc) is 2.40. The average molecular weight is 446 g/mol. The molecule has 0 bridgehead atoms. The molecule has 0 aliphatic heterocycles. The van der Waals surface area contributed by atoms with Crippen molar-refractivity contribution in [2.24, 2.45) is 0 Å². The summed E-state index contributed by atoms with van der Waals surface area (Å²) in [6.45, 7) is 0. The lowest BCUT2D eigenvalue weighted by Crippen LogP contribution is -2.55. The standard InChI is InChI=1S/C10H3F13N2O3/c11-1-2(26)24(4(7(12,13)14)8(15,16)17)6(28)25(3(1)27)5(9(18,19)20)10(21,22)23/h4-5,26H. The van der Waals surface area contributed by atoms with E-state index in [1.165, 1.54) is 0 Å². The van der Waals surface area contributed by atoms with Gasteiger partial charge in [0.2, 0.25) is 23.8 Å². The van der Waals surface area contributed by atoms with Crippen molar-refractivity contribution in [3.8, 4) is 5.88 Å². The Kier molecular flexibility index (Phi) is 5.54. The Bertz CT molecular complexity index is 827. The van der Waals surface area contributed by atoms with Crippen molar-refractivity contribution in [2.45, 2.75) is 36.8 Å². The zero-order chi connectivity index (χ0) is 22.6. The first-order chi connectivity index (χ1) is 12.1.